The van der Waals surface area contributed by atoms with Crippen LogP contribution in [0.25, 0.3) is 0 Å². The normalized spacial score (nSPS) is 14.7. The Labute approximate surface area is 129 Å². The summed E-state index contributed by atoms with van der Waals surface area (Å²) in [5.74, 6) is 0.350. The fourth-order valence-corrected chi connectivity index (χ4v) is 2.64. The first-order valence-electron chi connectivity index (χ1n) is 7.31. The van der Waals surface area contributed by atoms with Gasteiger partial charge in [0, 0.05) is 31.9 Å². The summed E-state index contributed by atoms with van der Waals surface area (Å²) in [7, 11) is 0. The zero-order valence-electron chi connectivity index (χ0n) is 12.2. The van der Waals surface area contributed by atoms with Gasteiger partial charge in [-0.15, -0.1) is 0 Å². The van der Waals surface area contributed by atoms with E-state index in [4.69, 9.17) is 9.68 Å². The molecule has 5 heteroatoms. The lowest BCUT2D eigenvalue weighted by atomic mass is 10.1. The molecule has 0 bridgehead atoms. The molecule has 1 fully saturated rings. The molecular formula is C17H17N3O2. The summed E-state index contributed by atoms with van der Waals surface area (Å²) in [5.41, 5.74) is 2.16. The molecule has 3 rings (SSSR count). The van der Waals surface area contributed by atoms with E-state index in [1.54, 1.807) is 12.1 Å². The van der Waals surface area contributed by atoms with Crippen molar-refractivity contribution in [3.8, 4) is 6.07 Å². The van der Waals surface area contributed by atoms with Gasteiger partial charge in [0.2, 0.25) is 0 Å². The van der Waals surface area contributed by atoms with Gasteiger partial charge in [-0.05, 0) is 29.8 Å². The van der Waals surface area contributed by atoms with Crippen molar-refractivity contribution in [3.63, 3.8) is 0 Å². The highest BCUT2D eigenvalue weighted by molar-refractivity contribution is 5.91. The van der Waals surface area contributed by atoms with Crippen molar-refractivity contribution >= 4 is 11.6 Å². The number of nitriles is 1. The molecule has 5 nitrogen and oxygen atoms in total. The molecule has 1 aliphatic rings. The maximum Gasteiger partial charge on any atom is 0.289 e. The van der Waals surface area contributed by atoms with E-state index < -0.39 is 0 Å². The first kappa shape index (κ1) is 14.2. The van der Waals surface area contributed by atoms with E-state index in [-0.39, 0.29) is 5.91 Å². The van der Waals surface area contributed by atoms with Gasteiger partial charge < -0.3 is 14.2 Å². The molecule has 0 unspecified atom stereocenters. The van der Waals surface area contributed by atoms with E-state index in [1.807, 2.05) is 29.2 Å². The number of hydrogen-bond acceptors (Lipinski definition) is 4. The van der Waals surface area contributed by atoms with Crippen LogP contribution in [-0.2, 0) is 6.42 Å². The average Bonchev–Trinajstić information content (AvgIpc) is 3.10. The Bertz CT molecular complexity index is 663. The smallest absolute Gasteiger partial charge is 0.289 e. The largest absolute Gasteiger partial charge is 0.459 e. The third kappa shape index (κ3) is 2.96. The molecule has 0 radical (unpaired) electrons. The van der Waals surface area contributed by atoms with Crippen LogP contribution in [0, 0.1) is 11.3 Å². The van der Waals surface area contributed by atoms with Gasteiger partial charge in [0.15, 0.2) is 5.76 Å². The van der Waals surface area contributed by atoms with Gasteiger partial charge in [-0.25, -0.2) is 0 Å². The van der Waals surface area contributed by atoms with E-state index in [0.29, 0.717) is 25.3 Å². The number of furan rings is 1. The zero-order valence-corrected chi connectivity index (χ0v) is 12.2. The molecule has 0 atom stereocenters. The van der Waals surface area contributed by atoms with E-state index in [2.05, 4.69) is 11.0 Å². The monoisotopic (exact) mass is 295 g/mol. The van der Waals surface area contributed by atoms with Crippen molar-refractivity contribution in [2.45, 2.75) is 6.42 Å². The van der Waals surface area contributed by atoms with Crippen LogP contribution in [0.15, 0.2) is 47.1 Å². The van der Waals surface area contributed by atoms with Crippen LogP contribution in [0.5, 0.6) is 0 Å². The predicted molar refractivity (Wildman–Crippen MR) is 82.6 cm³/mol. The standard InChI is InChI=1S/C17H17N3O2/c18-8-7-14-3-5-15(6-4-14)19-9-11-20(12-10-19)17(21)16-2-1-13-22-16/h1-6,13H,7,9-12H2. The molecule has 1 amide bonds. The number of carbonyl (C=O) groups excluding carboxylic acids is 1. The molecule has 1 aliphatic heterocycles. The molecule has 1 aromatic heterocycles. The van der Waals surface area contributed by atoms with Crippen molar-refractivity contribution in [1.29, 1.82) is 5.26 Å². The molecule has 0 aliphatic carbocycles. The minimum Gasteiger partial charge on any atom is -0.459 e. The highest BCUT2D eigenvalue weighted by atomic mass is 16.3. The Balaban J connectivity index is 1.59. The third-order valence-corrected chi connectivity index (χ3v) is 3.88. The molecule has 2 aromatic rings. The van der Waals surface area contributed by atoms with Gasteiger partial charge in [-0.3, -0.25) is 4.79 Å². The second-order valence-electron chi connectivity index (χ2n) is 5.26. The maximum atomic E-state index is 12.2. The lowest BCUT2D eigenvalue weighted by molar-refractivity contribution is 0.0714. The van der Waals surface area contributed by atoms with Crippen molar-refractivity contribution in [1.82, 2.24) is 4.90 Å². The molecule has 22 heavy (non-hydrogen) atoms. The van der Waals surface area contributed by atoms with Crippen molar-refractivity contribution in [2.24, 2.45) is 0 Å². The van der Waals surface area contributed by atoms with Crippen LogP contribution < -0.4 is 4.90 Å². The van der Waals surface area contributed by atoms with Gasteiger partial charge in [0.25, 0.3) is 5.91 Å². The fraction of sp³-hybridized carbons (Fsp3) is 0.294. The molecule has 2 heterocycles. The number of benzene rings is 1. The Kier molecular flexibility index (Phi) is 4.10. The number of amides is 1. The van der Waals surface area contributed by atoms with Crippen LogP contribution in [0.2, 0.25) is 0 Å². The lowest BCUT2D eigenvalue weighted by Crippen LogP contribution is -2.48. The number of piperazine rings is 1. The fourth-order valence-electron chi connectivity index (χ4n) is 2.64. The van der Waals surface area contributed by atoms with Crippen LogP contribution in [-0.4, -0.2) is 37.0 Å². The molecule has 112 valence electrons. The summed E-state index contributed by atoms with van der Waals surface area (Å²) in [5, 5.41) is 8.69. The van der Waals surface area contributed by atoms with Gasteiger partial charge in [-0.1, -0.05) is 12.1 Å². The van der Waals surface area contributed by atoms with E-state index in [1.165, 1.54) is 6.26 Å². The topological polar surface area (TPSA) is 60.5 Å². The Morgan fingerprint density at radius 2 is 1.86 bits per heavy atom. The lowest BCUT2D eigenvalue weighted by Gasteiger charge is -2.35. The summed E-state index contributed by atoms with van der Waals surface area (Å²) in [4.78, 5) is 16.3. The summed E-state index contributed by atoms with van der Waals surface area (Å²) >= 11 is 0. The van der Waals surface area contributed by atoms with Gasteiger partial charge in [0.1, 0.15) is 0 Å². The minimum atomic E-state index is -0.0472. The first-order valence-corrected chi connectivity index (χ1v) is 7.31. The summed E-state index contributed by atoms with van der Waals surface area (Å²) in [6.45, 7) is 2.95. The minimum absolute atomic E-state index is 0.0472. The van der Waals surface area contributed by atoms with Crippen LogP contribution >= 0.6 is 0 Å². The predicted octanol–water partition coefficient (Wildman–Crippen LogP) is 2.31. The molecule has 1 aromatic carbocycles. The Hall–Kier alpha value is -2.74. The van der Waals surface area contributed by atoms with Crippen LogP contribution in [0.1, 0.15) is 16.1 Å². The Morgan fingerprint density at radius 3 is 2.45 bits per heavy atom. The number of hydrogen-bond donors (Lipinski definition) is 0. The third-order valence-electron chi connectivity index (χ3n) is 3.88. The first-order chi connectivity index (χ1) is 10.8. The zero-order chi connectivity index (χ0) is 15.4. The molecular weight excluding hydrogens is 278 g/mol. The summed E-state index contributed by atoms with van der Waals surface area (Å²) in [6.07, 6.45) is 1.96. The van der Waals surface area contributed by atoms with Crippen molar-refractivity contribution in [3.05, 3.63) is 54.0 Å². The van der Waals surface area contributed by atoms with Crippen LogP contribution in [0.4, 0.5) is 5.69 Å². The second kappa shape index (κ2) is 6.35. The second-order valence-corrected chi connectivity index (χ2v) is 5.26. The van der Waals surface area contributed by atoms with Crippen LogP contribution in [0.3, 0.4) is 0 Å². The molecule has 0 spiro atoms. The van der Waals surface area contributed by atoms with Gasteiger partial charge in [0.05, 0.1) is 18.8 Å². The summed E-state index contributed by atoms with van der Waals surface area (Å²) in [6, 6.07) is 13.6. The van der Waals surface area contributed by atoms with Crippen molar-refractivity contribution < 1.29 is 9.21 Å². The number of nitrogens with zero attached hydrogens (tertiary/aromatic N) is 3. The molecule has 0 saturated carbocycles. The highest BCUT2D eigenvalue weighted by Crippen LogP contribution is 2.18. The number of anilines is 1. The number of carbonyl (C=O) groups is 1. The SMILES string of the molecule is N#CCc1ccc(N2CCN(C(=O)c3ccco3)CC2)cc1. The summed E-state index contributed by atoms with van der Waals surface area (Å²) < 4.78 is 5.16. The quantitative estimate of drug-likeness (QED) is 0.872. The van der Waals surface area contributed by atoms with Gasteiger partial charge >= 0.3 is 0 Å². The number of rotatable bonds is 3. The average molecular weight is 295 g/mol. The molecule has 0 N–H and O–H groups in total. The molecule has 1 saturated heterocycles. The maximum absolute atomic E-state index is 12.2. The van der Waals surface area contributed by atoms with E-state index in [0.717, 1.165) is 24.3 Å². The van der Waals surface area contributed by atoms with E-state index >= 15 is 0 Å². The highest BCUT2D eigenvalue weighted by Gasteiger charge is 2.23. The van der Waals surface area contributed by atoms with Gasteiger partial charge in [-0.2, -0.15) is 5.26 Å². The van der Waals surface area contributed by atoms with Crippen molar-refractivity contribution in [2.75, 3.05) is 31.1 Å². The Morgan fingerprint density at radius 1 is 1.14 bits per heavy atom. The van der Waals surface area contributed by atoms with E-state index in [9.17, 15) is 4.79 Å².